The first-order valence-corrected chi connectivity index (χ1v) is 23.3. The van der Waals surface area contributed by atoms with Crippen molar-refractivity contribution in [2.24, 2.45) is 0 Å². The molecule has 4 nitrogen and oxygen atoms in total. The fourth-order valence-electron chi connectivity index (χ4n) is 11.6. The molecular formula is C64H39N3O. The van der Waals surface area contributed by atoms with E-state index in [0.717, 1.165) is 66.9 Å². The average Bonchev–Trinajstić information content (AvgIpc) is 4.07. The van der Waals surface area contributed by atoms with Gasteiger partial charge in [-0.3, -0.25) is 0 Å². The highest BCUT2D eigenvalue weighted by atomic mass is 16.3. The second-order valence-electron chi connectivity index (χ2n) is 18.0. The maximum absolute atomic E-state index is 6.47. The van der Waals surface area contributed by atoms with E-state index in [4.69, 9.17) is 4.42 Å². The van der Waals surface area contributed by atoms with Gasteiger partial charge in [0.2, 0.25) is 0 Å². The molecule has 4 heteroatoms. The van der Waals surface area contributed by atoms with Crippen LogP contribution in [0.2, 0.25) is 0 Å². The molecule has 0 radical (unpaired) electrons. The van der Waals surface area contributed by atoms with Gasteiger partial charge in [0, 0.05) is 48.8 Å². The van der Waals surface area contributed by atoms with E-state index in [0.29, 0.717) is 0 Å². The fourth-order valence-corrected chi connectivity index (χ4v) is 11.6. The molecule has 0 unspecified atom stereocenters. The Morgan fingerprint density at radius 1 is 0.294 bits per heavy atom. The number of anilines is 3. The number of hydrogen-bond acceptors (Lipinski definition) is 2. The van der Waals surface area contributed by atoms with Crippen LogP contribution in [-0.4, -0.2) is 9.13 Å². The molecule has 0 fully saturated rings. The van der Waals surface area contributed by atoms with Crippen molar-refractivity contribution in [1.82, 2.24) is 9.13 Å². The zero-order valence-corrected chi connectivity index (χ0v) is 36.8. The van der Waals surface area contributed by atoms with Crippen LogP contribution in [0.4, 0.5) is 17.1 Å². The summed E-state index contributed by atoms with van der Waals surface area (Å²) in [6, 6.07) is 86.7. The summed E-state index contributed by atoms with van der Waals surface area (Å²) in [5, 5.41) is 16.8. The lowest BCUT2D eigenvalue weighted by Gasteiger charge is -2.29. The number of hydrogen-bond donors (Lipinski definition) is 0. The molecule has 3 aromatic heterocycles. The Hall–Kier alpha value is -9.12. The standard InChI is InChI=1S/C64H39N3O/c1-2-18-45-40(17-1)35-60(49-22-6-3-19-46(45)49)65(41-33-34-62-56(39-41)52-25-12-16-32-61(52)68-62)42-36-43(66-57-29-13-9-23-50(57)51-24-10-14-30-58(51)66)38-44(37-42)67-59-31-15-11-28-55(59)63-53-26-7-4-20-47(53)48-21-5-8-27-54(48)64(63)67/h1-39H. The first-order chi connectivity index (χ1) is 33.7. The SMILES string of the molecule is c1ccc2c(c1)cc(N(c1cc(-n3c4ccccc4c4ccccc43)cc(-n3c4ccccc4c4c5ccccc5c5ccccc5c43)c1)c1ccc3oc4ccccc4c3c1)c1ccccc12. The quantitative estimate of drug-likeness (QED) is 0.161. The first-order valence-electron chi connectivity index (χ1n) is 23.3. The highest BCUT2D eigenvalue weighted by Crippen LogP contribution is 2.48. The lowest BCUT2D eigenvalue weighted by atomic mass is 9.97. The summed E-state index contributed by atoms with van der Waals surface area (Å²) < 4.78 is 11.5. The number of benzene rings is 12. The molecule has 12 aromatic carbocycles. The Labute approximate surface area is 390 Å². The monoisotopic (exact) mass is 865 g/mol. The van der Waals surface area contributed by atoms with E-state index in [9.17, 15) is 0 Å². The molecule has 0 amide bonds. The lowest BCUT2D eigenvalue weighted by molar-refractivity contribution is 0.669. The van der Waals surface area contributed by atoms with Crippen molar-refractivity contribution in [3.05, 3.63) is 237 Å². The van der Waals surface area contributed by atoms with E-state index in [1.807, 2.05) is 6.07 Å². The predicted molar refractivity (Wildman–Crippen MR) is 287 cm³/mol. The number of nitrogens with zero attached hydrogens (tertiary/aromatic N) is 3. The smallest absolute Gasteiger partial charge is 0.135 e. The normalized spacial score (nSPS) is 12.1. The van der Waals surface area contributed by atoms with Crippen LogP contribution >= 0.6 is 0 Å². The highest BCUT2D eigenvalue weighted by Gasteiger charge is 2.25. The number of fused-ring (bicyclic) bond motifs is 17. The number of furan rings is 1. The molecular weight excluding hydrogens is 827 g/mol. The molecule has 68 heavy (non-hydrogen) atoms. The minimum absolute atomic E-state index is 0.863. The number of aromatic nitrogens is 2. The van der Waals surface area contributed by atoms with Crippen molar-refractivity contribution in [2.75, 3.05) is 4.90 Å². The maximum atomic E-state index is 6.47. The zero-order chi connectivity index (χ0) is 44.5. The maximum Gasteiger partial charge on any atom is 0.135 e. The molecule has 3 heterocycles. The largest absolute Gasteiger partial charge is 0.456 e. The molecule has 0 aliphatic rings. The molecule has 0 aliphatic heterocycles. The zero-order valence-electron chi connectivity index (χ0n) is 36.8. The first kappa shape index (κ1) is 37.1. The molecule has 0 atom stereocenters. The summed E-state index contributed by atoms with van der Waals surface area (Å²) in [6.45, 7) is 0. The van der Waals surface area contributed by atoms with Crippen molar-refractivity contribution >= 4 is 126 Å². The third-order valence-corrected chi connectivity index (χ3v) is 14.4. The van der Waals surface area contributed by atoms with Crippen LogP contribution in [0.1, 0.15) is 0 Å². The van der Waals surface area contributed by atoms with Gasteiger partial charge >= 0.3 is 0 Å². The van der Waals surface area contributed by atoms with Crippen LogP contribution in [0.25, 0.3) is 120 Å². The summed E-state index contributed by atoms with van der Waals surface area (Å²) in [4.78, 5) is 2.48. The van der Waals surface area contributed by atoms with Gasteiger partial charge in [0.15, 0.2) is 0 Å². The Morgan fingerprint density at radius 3 is 1.49 bits per heavy atom. The Kier molecular flexibility index (Phi) is 7.75. The Morgan fingerprint density at radius 2 is 0.779 bits per heavy atom. The van der Waals surface area contributed by atoms with E-state index < -0.39 is 0 Å². The molecule has 15 aromatic rings. The average molecular weight is 866 g/mol. The van der Waals surface area contributed by atoms with Crippen molar-refractivity contribution in [3.63, 3.8) is 0 Å². The van der Waals surface area contributed by atoms with E-state index in [2.05, 4.69) is 245 Å². The minimum atomic E-state index is 0.863. The van der Waals surface area contributed by atoms with E-state index in [-0.39, 0.29) is 0 Å². The van der Waals surface area contributed by atoms with E-state index >= 15 is 0 Å². The van der Waals surface area contributed by atoms with Gasteiger partial charge in [-0.1, -0.05) is 170 Å². The van der Waals surface area contributed by atoms with Crippen LogP contribution < -0.4 is 4.90 Å². The van der Waals surface area contributed by atoms with Gasteiger partial charge in [0.25, 0.3) is 0 Å². The Balaban J connectivity index is 1.13. The van der Waals surface area contributed by atoms with Crippen LogP contribution in [-0.2, 0) is 0 Å². The molecule has 0 saturated carbocycles. The molecule has 0 saturated heterocycles. The number of rotatable bonds is 5. The summed E-state index contributed by atoms with van der Waals surface area (Å²) >= 11 is 0. The van der Waals surface area contributed by atoms with Gasteiger partial charge < -0.3 is 18.5 Å². The second-order valence-corrected chi connectivity index (χ2v) is 18.0. The van der Waals surface area contributed by atoms with Gasteiger partial charge in [-0.25, -0.2) is 0 Å². The summed E-state index contributed by atoms with van der Waals surface area (Å²) in [6.07, 6.45) is 0. The second kappa shape index (κ2) is 14.2. The minimum Gasteiger partial charge on any atom is -0.456 e. The molecule has 15 rings (SSSR count). The molecule has 316 valence electrons. The summed E-state index contributed by atoms with van der Waals surface area (Å²) in [5.41, 5.74) is 11.7. The molecule has 0 aliphatic carbocycles. The lowest BCUT2D eigenvalue weighted by Crippen LogP contribution is -2.12. The van der Waals surface area contributed by atoms with Gasteiger partial charge in [0.05, 0.1) is 44.8 Å². The van der Waals surface area contributed by atoms with Crippen LogP contribution in [0.15, 0.2) is 241 Å². The Bertz CT molecular complexity index is 4530. The summed E-state index contributed by atoms with van der Waals surface area (Å²) in [7, 11) is 0. The van der Waals surface area contributed by atoms with Gasteiger partial charge in [0.1, 0.15) is 11.2 Å². The van der Waals surface area contributed by atoms with Crippen molar-refractivity contribution in [2.45, 2.75) is 0 Å². The van der Waals surface area contributed by atoms with E-state index in [1.54, 1.807) is 0 Å². The third kappa shape index (κ3) is 5.25. The topological polar surface area (TPSA) is 26.2 Å². The van der Waals surface area contributed by atoms with Gasteiger partial charge in [-0.2, -0.15) is 0 Å². The predicted octanol–water partition coefficient (Wildman–Crippen LogP) is 17.9. The fraction of sp³-hybridized carbons (Fsp3) is 0. The van der Waals surface area contributed by atoms with Crippen LogP contribution in [0.5, 0.6) is 0 Å². The number of para-hydroxylation sites is 4. The van der Waals surface area contributed by atoms with Gasteiger partial charge in [-0.05, 0) is 99.0 Å². The van der Waals surface area contributed by atoms with Crippen LogP contribution in [0.3, 0.4) is 0 Å². The molecule has 0 N–H and O–H groups in total. The van der Waals surface area contributed by atoms with Crippen molar-refractivity contribution < 1.29 is 4.42 Å². The van der Waals surface area contributed by atoms with E-state index in [1.165, 1.54) is 70.2 Å². The van der Waals surface area contributed by atoms with Crippen molar-refractivity contribution in [3.8, 4) is 11.4 Å². The van der Waals surface area contributed by atoms with Gasteiger partial charge in [-0.15, -0.1) is 0 Å². The molecule has 0 bridgehead atoms. The van der Waals surface area contributed by atoms with Crippen LogP contribution in [0, 0.1) is 0 Å². The third-order valence-electron chi connectivity index (χ3n) is 14.4. The molecule has 0 spiro atoms. The highest BCUT2D eigenvalue weighted by molar-refractivity contribution is 6.32. The summed E-state index contributed by atoms with van der Waals surface area (Å²) in [5.74, 6) is 0. The van der Waals surface area contributed by atoms with Crippen molar-refractivity contribution in [1.29, 1.82) is 0 Å².